The number of hydrogen-bond acceptors (Lipinski definition) is 4. The molecule has 0 spiro atoms. The van der Waals surface area contributed by atoms with Crippen molar-refractivity contribution in [3.05, 3.63) is 58.2 Å². The van der Waals surface area contributed by atoms with Crippen LogP contribution in [0.3, 0.4) is 0 Å². The number of aromatic nitrogens is 2. The first kappa shape index (κ1) is 16.0. The van der Waals surface area contributed by atoms with Crippen LogP contribution < -0.4 is 0 Å². The third-order valence-corrected chi connectivity index (χ3v) is 5.34. The predicted octanol–water partition coefficient (Wildman–Crippen LogP) is 3.48. The monoisotopic (exact) mass is 327 g/mol. The summed E-state index contributed by atoms with van der Waals surface area (Å²) in [5.41, 5.74) is 6.72. The zero-order chi connectivity index (χ0) is 16.6. The number of aryl methyl sites for hydroxylation is 4. The second kappa shape index (κ2) is 6.32. The highest BCUT2D eigenvalue weighted by Gasteiger charge is 2.34. The molecule has 1 atom stereocenters. The lowest BCUT2D eigenvalue weighted by Crippen LogP contribution is -2.29. The highest BCUT2D eigenvalue weighted by molar-refractivity contribution is 8.00. The van der Waals surface area contributed by atoms with E-state index in [9.17, 15) is 4.79 Å². The zero-order valence-electron chi connectivity index (χ0n) is 14.0. The molecule has 1 saturated heterocycles. The molecule has 1 amide bonds. The molecule has 3 rings (SSSR count). The summed E-state index contributed by atoms with van der Waals surface area (Å²) in [4.78, 5) is 23.0. The number of benzene rings is 1. The Morgan fingerprint density at radius 1 is 1.13 bits per heavy atom. The van der Waals surface area contributed by atoms with Crippen molar-refractivity contribution < 1.29 is 4.79 Å². The minimum absolute atomic E-state index is 0.0613. The highest BCUT2D eigenvalue weighted by atomic mass is 32.2. The molecule has 1 aliphatic rings. The summed E-state index contributed by atoms with van der Waals surface area (Å²) < 4.78 is 0. The molecule has 0 aliphatic carbocycles. The number of carbonyl (C=O) groups is 1. The molecule has 0 radical (unpaired) electrons. The van der Waals surface area contributed by atoms with Gasteiger partial charge in [-0.1, -0.05) is 17.7 Å². The van der Waals surface area contributed by atoms with Gasteiger partial charge in [0.15, 0.2) is 0 Å². The molecule has 23 heavy (non-hydrogen) atoms. The summed E-state index contributed by atoms with van der Waals surface area (Å²) in [6.07, 6.45) is 3.51. The van der Waals surface area contributed by atoms with Gasteiger partial charge < -0.3 is 4.90 Å². The van der Waals surface area contributed by atoms with E-state index in [1.165, 1.54) is 22.3 Å². The lowest BCUT2D eigenvalue weighted by atomic mass is 9.99. The van der Waals surface area contributed by atoms with Crippen LogP contribution >= 0.6 is 11.8 Å². The number of carbonyl (C=O) groups excluding carboxylic acids is 1. The molecule has 2 heterocycles. The van der Waals surface area contributed by atoms with Gasteiger partial charge in [0, 0.05) is 6.20 Å². The molecule has 0 bridgehead atoms. The molecule has 1 unspecified atom stereocenters. The fourth-order valence-corrected chi connectivity index (χ4v) is 4.50. The predicted molar refractivity (Wildman–Crippen MR) is 93.2 cm³/mol. The van der Waals surface area contributed by atoms with Crippen LogP contribution in [0.25, 0.3) is 0 Å². The largest absolute Gasteiger partial charge is 0.320 e. The van der Waals surface area contributed by atoms with Gasteiger partial charge in [-0.05, 0) is 44.4 Å². The van der Waals surface area contributed by atoms with Crippen molar-refractivity contribution in [3.63, 3.8) is 0 Å². The Labute approximate surface area is 141 Å². The molecular weight excluding hydrogens is 306 g/mol. The molecule has 1 aromatic heterocycles. The topological polar surface area (TPSA) is 46.1 Å². The molecule has 0 N–H and O–H groups in total. The number of amides is 1. The number of thioether (sulfide) groups is 1. The van der Waals surface area contributed by atoms with Crippen LogP contribution in [0, 0.1) is 27.7 Å². The van der Waals surface area contributed by atoms with Crippen molar-refractivity contribution in [1.82, 2.24) is 14.9 Å². The molecule has 0 saturated carbocycles. The fourth-order valence-electron chi connectivity index (χ4n) is 3.12. The Kier molecular flexibility index (Phi) is 4.39. The second-order valence-corrected chi connectivity index (χ2v) is 7.22. The van der Waals surface area contributed by atoms with Crippen LogP contribution in [0.2, 0.25) is 0 Å². The molecule has 4 nitrogen and oxygen atoms in total. The van der Waals surface area contributed by atoms with Crippen LogP contribution in [0.15, 0.2) is 24.5 Å². The average Bonchev–Trinajstić information content (AvgIpc) is 2.82. The molecule has 1 aromatic carbocycles. The van der Waals surface area contributed by atoms with Crippen molar-refractivity contribution in [2.45, 2.75) is 39.6 Å². The summed E-state index contributed by atoms with van der Waals surface area (Å²) in [5, 5.41) is 0.0613. The summed E-state index contributed by atoms with van der Waals surface area (Å²) in [7, 11) is 0. The van der Waals surface area contributed by atoms with Crippen LogP contribution in [-0.2, 0) is 11.3 Å². The average molecular weight is 327 g/mol. The summed E-state index contributed by atoms with van der Waals surface area (Å²) >= 11 is 1.70. The zero-order valence-corrected chi connectivity index (χ0v) is 14.8. The van der Waals surface area contributed by atoms with Gasteiger partial charge >= 0.3 is 0 Å². The van der Waals surface area contributed by atoms with Gasteiger partial charge in [-0.15, -0.1) is 11.8 Å². The minimum Gasteiger partial charge on any atom is -0.320 e. The summed E-state index contributed by atoms with van der Waals surface area (Å²) in [6, 6.07) is 4.38. The van der Waals surface area contributed by atoms with E-state index < -0.39 is 0 Å². The van der Waals surface area contributed by atoms with Crippen LogP contribution in [0.1, 0.15) is 39.0 Å². The Morgan fingerprint density at radius 2 is 1.83 bits per heavy atom. The van der Waals surface area contributed by atoms with Crippen molar-refractivity contribution >= 4 is 17.7 Å². The molecule has 5 heteroatoms. The van der Waals surface area contributed by atoms with E-state index in [2.05, 4.69) is 42.9 Å². The van der Waals surface area contributed by atoms with Gasteiger partial charge in [-0.2, -0.15) is 0 Å². The maximum Gasteiger partial charge on any atom is 0.234 e. The van der Waals surface area contributed by atoms with Crippen LogP contribution in [0.5, 0.6) is 0 Å². The Hall–Kier alpha value is -1.88. The first-order valence-electron chi connectivity index (χ1n) is 7.72. The Morgan fingerprint density at radius 3 is 2.43 bits per heavy atom. The molecular formula is C18H21N3OS. The number of rotatable bonds is 3. The molecule has 1 aliphatic heterocycles. The van der Waals surface area contributed by atoms with E-state index >= 15 is 0 Å². The third-order valence-electron chi connectivity index (χ3n) is 4.12. The first-order chi connectivity index (χ1) is 11.0. The summed E-state index contributed by atoms with van der Waals surface area (Å²) in [5.74, 6) is 0.693. The normalized spacial score (nSPS) is 17.8. The van der Waals surface area contributed by atoms with Gasteiger partial charge in [-0.25, -0.2) is 0 Å². The highest BCUT2D eigenvalue weighted by Crippen LogP contribution is 2.42. The fraction of sp³-hybridized carbons (Fsp3) is 0.389. The van der Waals surface area contributed by atoms with Crippen molar-refractivity contribution in [3.8, 4) is 0 Å². The quantitative estimate of drug-likeness (QED) is 0.866. The second-order valence-electron chi connectivity index (χ2n) is 6.15. The minimum atomic E-state index is 0.0613. The van der Waals surface area contributed by atoms with Gasteiger partial charge in [0.05, 0.1) is 29.9 Å². The lowest BCUT2D eigenvalue weighted by molar-refractivity contribution is -0.128. The van der Waals surface area contributed by atoms with Crippen molar-refractivity contribution in [2.24, 2.45) is 0 Å². The smallest absolute Gasteiger partial charge is 0.234 e. The van der Waals surface area contributed by atoms with Gasteiger partial charge in [-0.3, -0.25) is 14.8 Å². The van der Waals surface area contributed by atoms with Crippen LogP contribution in [0.4, 0.5) is 0 Å². The Balaban J connectivity index is 1.92. The SMILES string of the molecule is Cc1cc(C)c(C2SCC(=O)N2Cc2cnc(C)cn2)c(C)c1. The number of hydrogen-bond donors (Lipinski definition) is 0. The standard InChI is InChI=1S/C18H21N3OS/c1-11-5-12(2)17(13(3)6-11)18-21(16(22)10-23-18)9-15-8-19-14(4)7-20-15/h5-8,18H,9-10H2,1-4H3. The van der Waals surface area contributed by atoms with Gasteiger partial charge in [0.25, 0.3) is 0 Å². The molecule has 1 fully saturated rings. The third kappa shape index (κ3) is 3.24. The lowest BCUT2D eigenvalue weighted by Gasteiger charge is -2.26. The maximum absolute atomic E-state index is 12.4. The van der Waals surface area contributed by atoms with E-state index in [4.69, 9.17) is 0 Å². The van der Waals surface area contributed by atoms with E-state index in [0.717, 1.165) is 11.4 Å². The van der Waals surface area contributed by atoms with E-state index in [1.807, 2.05) is 11.8 Å². The van der Waals surface area contributed by atoms with Gasteiger partial charge in [0.2, 0.25) is 5.91 Å². The number of nitrogens with zero attached hydrogens (tertiary/aromatic N) is 3. The van der Waals surface area contributed by atoms with E-state index in [1.54, 1.807) is 24.2 Å². The van der Waals surface area contributed by atoms with Gasteiger partial charge in [0.1, 0.15) is 5.37 Å². The molecule has 2 aromatic rings. The van der Waals surface area contributed by atoms with Crippen molar-refractivity contribution in [2.75, 3.05) is 5.75 Å². The maximum atomic E-state index is 12.4. The van der Waals surface area contributed by atoms with Crippen LogP contribution in [-0.4, -0.2) is 26.5 Å². The first-order valence-corrected chi connectivity index (χ1v) is 8.77. The summed E-state index contributed by atoms with van der Waals surface area (Å²) in [6.45, 7) is 8.79. The van der Waals surface area contributed by atoms with E-state index in [0.29, 0.717) is 12.3 Å². The van der Waals surface area contributed by atoms with Crippen molar-refractivity contribution in [1.29, 1.82) is 0 Å². The molecule has 120 valence electrons. The van der Waals surface area contributed by atoms with E-state index in [-0.39, 0.29) is 11.3 Å². The Bertz CT molecular complexity index is 719.